The molecule has 0 N–H and O–H groups in total. The van der Waals surface area contributed by atoms with Crippen LogP contribution in [-0.2, 0) is 21.7 Å². The van der Waals surface area contributed by atoms with E-state index < -0.39 is 21.6 Å². The lowest BCUT2D eigenvalue weighted by Crippen LogP contribution is -2.16. The van der Waals surface area contributed by atoms with Gasteiger partial charge in [0, 0.05) is 13.5 Å². The smallest absolute Gasteiger partial charge is 0.249 e. The zero-order valence-electron chi connectivity index (χ0n) is 15.2. The van der Waals surface area contributed by atoms with Gasteiger partial charge in [-0.2, -0.15) is 4.99 Å². The summed E-state index contributed by atoms with van der Waals surface area (Å²) in [7, 11) is -1.82. The molecule has 0 atom stereocenters. The Bertz CT molecular complexity index is 1190. The fourth-order valence-corrected chi connectivity index (χ4v) is 5.10. The number of sulfone groups is 1. The molecule has 1 amide bonds. The van der Waals surface area contributed by atoms with Crippen molar-refractivity contribution >= 4 is 37.3 Å². The van der Waals surface area contributed by atoms with Crippen molar-refractivity contribution in [3.8, 4) is 0 Å². The highest BCUT2D eigenvalue weighted by atomic mass is 32.2. The maximum absolute atomic E-state index is 12.9. The summed E-state index contributed by atoms with van der Waals surface area (Å²) in [5.74, 6) is -1.38. The van der Waals surface area contributed by atoms with Crippen molar-refractivity contribution in [3.63, 3.8) is 0 Å². The van der Waals surface area contributed by atoms with E-state index in [2.05, 4.69) is 4.99 Å². The van der Waals surface area contributed by atoms with Gasteiger partial charge < -0.3 is 4.57 Å². The number of hydrogen-bond acceptors (Lipinski definition) is 4. The summed E-state index contributed by atoms with van der Waals surface area (Å²) in [6, 6.07) is 8.58. The van der Waals surface area contributed by atoms with E-state index in [1.165, 1.54) is 23.5 Å². The number of thiazole rings is 1. The second-order valence-corrected chi connectivity index (χ2v) is 9.44. The average Bonchev–Trinajstić information content (AvgIpc) is 2.93. The first-order valence-electron chi connectivity index (χ1n) is 8.30. The van der Waals surface area contributed by atoms with Crippen LogP contribution >= 0.6 is 11.3 Å². The summed E-state index contributed by atoms with van der Waals surface area (Å²) in [6.45, 7) is 4.04. The van der Waals surface area contributed by atoms with Crippen molar-refractivity contribution in [1.82, 2.24) is 4.57 Å². The average molecular weight is 407 g/mol. The van der Waals surface area contributed by atoms with E-state index in [4.69, 9.17) is 0 Å². The molecule has 1 heterocycles. The Balaban J connectivity index is 1.83. The van der Waals surface area contributed by atoms with Crippen molar-refractivity contribution in [2.45, 2.75) is 25.2 Å². The van der Waals surface area contributed by atoms with E-state index in [0.717, 1.165) is 33.5 Å². The first-order valence-corrected chi connectivity index (χ1v) is 10.8. The molecule has 0 bridgehead atoms. The topological polar surface area (TPSA) is 68.5 Å². The third kappa shape index (κ3) is 4.01. The lowest BCUT2D eigenvalue weighted by Gasteiger charge is -2.03. The van der Waals surface area contributed by atoms with Gasteiger partial charge in [-0.3, -0.25) is 4.79 Å². The van der Waals surface area contributed by atoms with Crippen molar-refractivity contribution in [3.05, 3.63) is 58.1 Å². The van der Waals surface area contributed by atoms with Crippen molar-refractivity contribution in [1.29, 1.82) is 0 Å². The van der Waals surface area contributed by atoms with Gasteiger partial charge in [0.15, 0.2) is 14.6 Å². The molecular formula is C19H19FN2O3S2. The van der Waals surface area contributed by atoms with E-state index in [1.807, 2.05) is 37.6 Å². The molecule has 0 fully saturated rings. The second-order valence-electron chi connectivity index (χ2n) is 6.33. The van der Waals surface area contributed by atoms with Gasteiger partial charge in [-0.1, -0.05) is 17.4 Å². The van der Waals surface area contributed by atoms with E-state index in [-0.39, 0.29) is 17.1 Å². The number of rotatable bonds is 4. The molecule has 3 aromatic rings. The lowest BCUT2D eigenvalue weighted by atomic mass is 10.1. The van der Waals surface area contributed by atoms with Gasteiger partial charge >= 0.3 is 0 Å². The van der Waals surface area contributed by atoms with Crippen LogP contribution in [0, 0.1) is 19.7 Å². The number of hydrogen-bond donors (Lipinski definition) is 0. The molecule has 2 aromatic carbocycles. The lowest BCUT2D eigenvalue weighted by molar-refractivity contribution is -0.117. The normalized spacial score (nSPS) is 12.7. The molecule has 0 aliphatic heterocycles. The largest absolute Gasteiger partial charge is 0.319 e. The van der Waals surface area contributed by atoms with Gasteiger partial charge in [0.25, 0.3) is 0 Å². The number of carbonyl (C=O) groups excluding carboxylic acids is 1. The van der Waals surface area contributed by atoms with Crippen LogP contribution in [0.2, 0.25) is 0 Å². The molecule has 0 radical (unpaired) electrons. The fourth-order valence-electron chi connectivity index (χ4n) is 2.78. The van der Waals surface area contributed by atoms with Crippen LogP contribution in [0.4, 0.5) is 4.39 Å². The summed E-state index contributed by atoms with van der Waals surface area (Å²) < 4.78 is 40.4. The number of halogens is 1. The van der Waals surface area contributed by atoms with Gasteiger partial charge in [0.1, 0.15) is 5.82 Å². The van der Waals surface area contributed by atoms with Gasteiger partial charge in [0.2, 0.25) is 5.91 Å². The molecule has 0 spiro atoms. The highest BCUT2D eigenvalue weighted by molar-refractivity contribution is 7.91. The summed E-state index contributed by atoms with van der Waals surface area (Å²) in [5, 5.41) is 0. The molecule has 3 rings (SSSR count). The highest BCUT2D eigenvalue weighted by Crippen LogP contribution is 2.23. The zero-order valence-corrected chi connectivity index (χ0v) is 16.8. The molecule has 142 valence electrons. The number of fused-ring (bicyclic) bond motifs is 1. The number of aromatic nitrogens is 1. The first kappa shape index (κ1) is 19.4. The highest BCUT2D eigenvalue weighted by Gasteiger charge is 2.17. The molecule has 0 aliphatic rings. The van der Waals surface area contributed by atoms with Crippen molar-refractivity contribution < 1.29 is 17.6 Å². The number of benzene rings is 2. The molecule has 27 heavy (non-hydrogen) atoms. The molecular weight excluding hydrogens is 387 g/mol. The number of aryl methyl sites for hydroxylation is 3. The summed E-state index contributed by atoms with van der Waals surface area (Å²) in [5.41, 5.74) is 3.30. The standard InChI is InChI=1S/C19H19FN2O3S2/c1-12-4-9-16-18(13(12)2)22(3)19(26-16)21-17(23)10-11-27(24,25)15-7-5-14(20)6-8-15/h4-9H,10-11H2,1-3H3. The molecule has 0 saturated heterocycles. The fraction of sp³-hybridized carbons (Fsp3) is 0.263. The van der Waals surface area contributed by atoms with Crippen molar-refractivity contribution in [2.75, 3.05) is 5.75 Å². The Hall–Kier alpha value is -2.32. The summed E-state index contributed by atoms with van der Waals surface area (Å²) >= 11 is 1.39. The maximum atomic E-state index is 12.9. The van der Waals surface area contributed by atoms with Gasteiger partial charge in [-0.15, -0.1) is 0 Å². The minimum Gasteiger partial charge on any atom is -0.319 e. The Labute approximate surface area is 160 Å². The van der Waals surface area contributed by atoms with Gasteiger partial charge in [-0.25, -0.2) is 12.8 Å². The Kier molecular flexibility index (Phi) is 5.30. The van der Waals surface area contributed by atoms with Crippen molar-refractivity contribution in [2.24, 2.45) is 12.0 Å². The van der Waals surface area contributed by atoms with Crippen LogP contribution in [-0.4, -0.2) is 24.6 Å². The molecule has 1 aromatic heterocycles. The minimum absolute atomic E-state index is 0.00443. The maximum Gasteiger partial charge on any atom is 0.249 e. The Morgan fingerprint density at radius 1 is 1.15 bits per heavy atom. The van der Waals surface area contributed by atoms with E-state index in [1.54, 1.807) is 0 Å². The van der Waals surface area contributed by atoms with Crippen LogP contribution in [0.1, 0.15) is 17.5 Å². The predicted octanol–water partition coefficient (Wildman–Crippen LogP) is 3.29. The van der Waals surface area contributed by atoms with Gasteiger partial charge in [0.05, 0.1) is 20.9 Å². The van der Waals surface area contributed by atoms with E-state index in [0.29, 0.717) is 4.80 Å². The van der Waals surface area contributed by atoms with E-state index in [9.17, 15) is 17.6 Å². The number of nitrogens with zero attached hydrogens (tertiary/aromatic N) is 2. The van der Waals surface area contributed by atoms with Crippen LogP contribution in [0.3, 0.4) is 0 Å². The molecule has 8 heteroatoms. The summed E-state index contributed by atoms with van der Waals surface area (Å²) in [6.07, 6.45) is -0.230. The molecule has 0 unspecified atom stereocenters. The van der Waals surface area contributed by atoms with Crippen LogP contribution in [0.25, 0.3) is 10.2 Å². The van der Waals surface area contributed by atoms with Crippen LogP contribution in [0.5, 0.6) is 0 Å². The minimum atomic E-state index is -3.66. The SMILES string of the molecule is Cc1ccc2sc(=NC(=O)CCS(=O)(=O)c3ccc(F)cc3)n(C)c2c1C. The summed E-state index contributed by atoms with van der Waals surface area (Å²) in [4.78, 5) is 16.8. The number of amides is 1. The molecule has 5 nitrogen and oxygen atoms in total. The van der Waals surface area contributed by atoms with Crippen LogP contribution in [0.15, 0.2) is 46.3 Å². The third-order valence-corrected chi connectivity index (χ3v) is 7.30. The van der Waals surface area contributed by atoms with Gasteiger partial charge in [-0.05, 0) is 55.3 Å². The van der Waals surface area contributed by atoms with E-state index >= 15 is 0 Å². The predicted molar refractivity (Wildman–Crippen MR) is 104 cm³/mol. The number of carbonyl (C=O) groups is 1. The Morgan fingerprint density at radius 3 is 2.48 bits per heavy atom. The third-order valence-electron chi connectivity index (χ3n) is 4.47. The first-order chi connectivity index (χ1) is 12.7. The Morgan fingerprint density at radius 2 is 1.81 bits per heavy atom. The second kappa shape index (κ2) is 7.36. The monoisotopic (exact) mass is 406 g/mol. The molecule has 0 saturated carbocycles. The van der Waals surface area contributed by atoms with Crippen LogP contribution < -0.4 is 4.80 Å². The molecule has 0 aliphatic carbocycles. The zero-order chi connectivity index (χ0) is 19.8. The quantitative estimate of drug-likeness (QED) is 0.625.